The predicted octanol–water partition coefficient (Wildman–Crippen LogP) is -1.44. The summed E-state index contributed by atoms with van der Waals surface area (Å²) in [6, 6.07) is 0. The number of hydrogen-bond acceptors (Lipinski definition) is 4. The summed E-state index contributed by atoms with van der Waals surface area (Å²) in [5.74, 6) is 4.77. The van der Waals surface area contributed by atoms with Gasteiger partial charge in [0.2, 0.25) is 0 Å². The zero-order chi connectivity index (χ0) is 7.33. The Morgan fingerprint density at radius 3 is 2.56 bits per heavy atom. The highest BCUT2D eigenvalue weighted by Gasteiger charge is 2.11. The van der Waals surface area contributed by atoms with Gasteiger partial charge in [0.05, 0.1) is 6.61 Å². The number of hydrogen-bond donors (Lipinski definition) is 4. The van der Waals surface area contributed by atoms with Crippen molar-refractivity contribution >= 4 is 7.82 Å². The number of rotatable bonds is 4. The fraction of sp³-hybridized carbons (Fsp3) is 1.00. The summed E-state index contributed by atoms with van der Waals surface area (Å²) in [7, 11) is -4.29. The van der Waals surface area contributed by atoms with Gasteiger partial charge in [0.1, 0.15) is 0 Å². The first-order valence-corrected chi connectivity index (χ1v) is 3.73. The van der Waals surface area contributed by atoms with Crippen molar-refractivity contribution in [2.75, 3.05) is 13.2 Å². The van der Waals surface area contributed by atoms with Crippen molar-refractivity contribution in [3.63, 3.8) is 0 Å². The molecule has 0 radical (unpaired) electrons. The first-order chi connectivity index (χ1) is 4.06. The molecule has 0 aliphatic carbocycles. The van der Waals surface area contributed by atoms with Crippen molar-refractivity contribution in [1.29, 1.82) is 0 Å². The second-order valence-corrected chi connectivity index (χ2v) is 2.52. The van der Waals surface area contributed by atoms with Crippen molar-refractivity contribution in [1.82, 2.24) is 5.43 Å². The number of phosphoric acid groups is 1. The maximum atomic E-state index is 9.91. The molecule has 0 saturated heterocycles. The maximum Gasteiger partial charge on any atom is 0.469 e. The van der Waals surface area contributed by atoms with Gasteiger partial charge in [0.15, 0.2) is 0 Å². The van der Waals surface area contributed by atoms with E-state index in [1.54, 1.807) is 0 Å². The van der Waals surface area contributed by atoms with Gasteiger partial charge in [0.25, 0.3) is 0 Å². The Balaban J connectivity index is 3.18. The highest BCUT2D eigenvalue weighted by molar-refractivity contribution is 7.46. The van der Waals surface area contributed by atoms with E-state index in [1.807, 2.05) is 0 Å². The minimum absolute atomic E-state index is 0.0965. The van der Waals surface area contributed by atoms with Crippen LogP contribution in [-0.4, -0.2) is 22.9 Å². The predicted molar refractivity (Wildman–Crippen MR) is 30.2 cm³/mol. The van der Waals surface area contributed by atoms with Gasteiger partial charge in [-0.05, 0) is 0 Å². The third-order valence-electron chi connectivity index (χ3n) is 0.506. The summed E-state index contributed by atoms with van der Waals surface area (Å²) in [5, 5.41) is 0. The molecule has 0 spiro atoms. The van der Waals surface area contributed by atoms with Crippen LogP contribution in [0.3, 0.4) is 0 Å². The molecule has 0 aromatic heterocycles. The Labute approximate surface area is 52.2 Å². The molecule has 0 aromatic carbocycles. The molecule has 0 bridgehead atoms. The standard InChI is InChI=1S/C2H9N2O4P/c3-4-1-2-8-9(5,6)7/h4H,1-3H2,(H2,5,6,7). The molecule has 0 aliphatic heterocycles. The summed E-state index contributed by atoms with van der Waals surface area (Å²) in [5.41, 5.74) is 2.17. The largest absolute Gasteiger partial charge is 0.469 e. The van der Waals surface area contributed by atoms with E-state index in [4.69, 9.17) is 15.6 Å². The SMILES string of the molecule is NNCCOP(=O)(O)O. The number of nitrogens with two attached hydrogens (primary N) is 1. The van der Waals surface area contributed by atoms with E-state index in [0.717, 1.165) is 0 Å². The molecule has 0 saturated carbocycles. The molecule has 9 heavy (non-hydrogen) atoms. The molecule has 5 N–H and O–H groups in total. The summed E-state index contributed by atoms with van der Waals surface area (Å²) < 4.78 is 13.9. The van der Waals surface area contributed by atoms with Crippen LogP contribution in [-0.2, 0) is 9.09 Å². The topological polar surface area (TPSA) is 105 Å². The molecule has 6 nitrogen and oxygen atoms in total. The first-order valence-electron chi connectivity index (χ1n) is 2.20. The lowest BCUT2D eigenvalue weighted by Gasteiger charge is -2.02. The van der Waals surface area contributed by atoms with Crippen LogP contribution < -0.4 is 11.3 Å². The normalized spacial score (nSPS) is 11.9. The molecular formula is C2H9N2O4P. The molecule has 0 unspecified atom stereocenters. The van der Waals surface area contributed by atoms with E-state index in [-0.39, 0.29) is 13.2 Å². The molecule has 0 amide bonds. The van der Waals surface area contributed by atoms with Gasteiger partial charge in [-0.3, -0.25) is 15.8 Å². The second-order valence-electron chi connectivity index (χ2n) is 1.28. The van der Waals surface area contributed by atoms with Crippen molar-refractivity contribution < 1.29 is 18.9 Å². The third kappa shape index (κ3) is 8.03. The summed E-state index contributed by atoms with van der Waals surface area (Å²) in [6.45, 7) is 0.117. The van der Waals surface area contributed by atoms with Crippen LogP contribution >= 0.6 is 7.82 Å². The Morgan fingerprint density at radius 2 is 2.22 bits per heavy atom. The van der Waals surface area contributed by atoms with Crippen molar-refractivity contribution in [2.45, 2.75) is 0 Å². The first kappa shape index (κ1) is 9.03. The lowest BCUT2D eigenvalue weighted by atomic mass is 10.7. The Bertz CT molecular complexity index is 111. The third-order valence-corrected chi connectivity index (χ3v) is 1.02. The van der Waals surface area contributed by atoms with E-state index in [1.165, 1.54) is 0 Å². The molecule has 0 atom stereocenters. The Morgan fingerprint density at radius 1 is 1.67 bits per heavy atom. The van der Waals surface area contributed by atoms with Crippen molar-refractivity contribution in [3.05, 3.63) is 0 Å². The average molecular weight is 156 g/mol. The van der Waals surface area contributed by atoms with Gasteiger partial charge in [0, 0.05) is 6.54 Å². The van der Waals surface area contributed by atoms with Crippen LogP contribution in [0.15, 0.2) is 0 Å². The van der Waals surface area contributed by atoms with Crippen LogP contribution in [0.1, 0.15) is 0 Å². The van der Waals surface area contributed by atoms with Gasteiger partial charge in [-0.15, -0.1) is 0 Å². The molecule has 0 aromatic rings. The van der Waals surface area contributed by atoms with Crippen LogP contribution in [0.2, 0.25) is 0 Å². The van der Waals surface area contributed by atoms with E-state index >= 15 is 0 Å². The fourth-order valence-electron chi connectivity index (χ4n) is 0.223. The molecule has 56 valence electrons. The fourth-order valence-corrected chi connectivity index (χ4v) is 0.553. The molecule has 0 aliphatic rings. The van der Waals surface area contributed by atoms with E-state index in [9.17, 15) is 4.57 Å². The van der Waals surface area contributed by atoms with Crippen LogP contribution in [0.25, 0.3) is 0 Å². The molecule has 7 heteroatoms. The Kier molecular flexibility index (Phi) is 3.96. The van der Waals surface area contributed by atoms with Gasteiger partial charge in [-0.1, -0.05) is 0 Å². The van der Waals surface area contributed by atoms with Gasteiger partial charge in [-0.2, -0.15) is 0 Å². The lowest BCUT2D eigenvalue weighted by Crippen LogP contribution is -2.25. The van der Waals surface area contributed by atoms with Crippen LogP contribution in [0.4, 0.5) is 0 Å². The Hall–Kier alpha value is 0.0300. The number of nitrogens with one attached hydrogen (secondary N) is 1. The van der Waals surface area contributed by atoms with Crippen LogP contribution in [0, 0.1) is 0 Å². The summed E-state index contributed by atoms with van der Waals surface area (Å²) >= 11 is 0. The summed E-state index contributed by atoms with van der Waals surface area (Å²) in [4.78, 5) is 16.1. The van der Waals surface area contributed by atoms with Crippen molar-refractivity contribution in [3.8, 4) is 0 Å². The smallest absolute Gasteiger partial charge is 0.303 e. The highest BCUT2D eigenvalue weighted by Crippen LogP contribution is 2.34. The monoisotopic (exact) mass is 156 g/mol. The number of hydrazine groups is 1. The molecule has 0 fully saturated rings. The zero-order valence-corrected chi connectivity index (χ0v) is 5.54. The minimum atomic E-state index is -4.29. The average Bonchev–Trinajstić information content (AvgIpc) is 1.63. The number of phosphoric ester groups is 1. The van der Waals surface area contributed by atoms with Gasteiger partial charge >= 0.3 is 7.82 Å². The van der Waals surface area contributed by atoms with E-state index in [2.05, 4.69) is 9.95 Å². The van der Waals surface area contributed by atoms with E-state index < -0.39 is 7.82 Å². The van der Waals surface area contributed by atoms with Crippen LogP contribution in [0.5, 0.6) is 0 Å². The second kappa shape index (κ2) is 3.94. The van der Waals surface area contributed by atoms with Gasteiger partial charge in [-0.25, -0.2) is 4.57 Å². The van der Waals surface area contributed by atoms with Crippen molar-refractivity contribution in [2.24, 2.45) is 5.84 Å². The zero-order valence-electron chi connectivity index (χ0n) is 4.65. The van der Waals surface area contributed by atoms with Gasteiger partial charge < -0.3 is 9.79 Å². The quantitative estimate of drug-likeness (QED) is 0.172. The molecular weight excluding hydrogens is 147 g/mol. The molecule has 0 heterocycles. The molecule has 0 rings (SSSR count). The summed E-state index contributed by atoms with van der Waals surface area (Å²) in [6.07, 6.45) is 0. The minimum Gasteiger partial charge on any atom is -0.303 e. The van der Waals surface area contributed by atoms with E-state index in [0.29, 0.717) is 0 Å². The maximum absolute atomic E-state index is 9.91. The lowest BCUT2D eigenvalue weighted by molar-refractivity contribution is 0.198. The highest BCUT2D eigenvalue weighted by atomic mass is 31.2.